The highest BCUT2D eigenvalue weighted by molar-refractivity contribution is 5.41. The van der Waals surface area contributed by atoms with E-state index in [9.17, 15) is 0 Å². The van der Waals surface area contributed by atoms with Crippen LogP contribution in [0.1, 0.15) is 16.8 Å². The molecule has 1 heteroatoms. The summed E-state index contributed by atoms with van der Waals surface area (Å²) in [4.78, 5) is 0. The minimum absolute atomic E-state index is 1.04. The summed E-state index contributed by atoms with van der Waals surface area (Å²) in [6.07, 6.45) is 2.00. The molecule has 0 radical (unpaired) electrons. The molecular weight excluding hydrogens is 182 g/mol. The highest BCUT2D eigenvalue weighted by atomic mass is 14.9. The number of nitrogens with zero attached hydrogens (tertiary/aromatic N) is 1. The van der Waals surface area contributed by atoms with Gasteiger partial charge in [-0.05, 0) is 37.1 Å². The van der Waals surface area contributed by atoms with Crippen LogP contribution in [-0.2, 0) is 7.05 Å². The number of rotatable bonds is 0. The molecule has 0 N–H and O–H groups in total. The van der Waals surface area contributed by atoms with Crippen LogP contribution >= 0.6 is 0 Å². The van der Waals surface area contributed by atoms with Crippen molar-refractivity contribution in [2.45, 2.75) is 6.92 Å². The third-order valence-electron chi connectivity index (χ3n) is 2.33. The first-order chi connectivity index (χ1) is 7.25. The molecular formula is C14H13N. The van der Waals surface area contributed by atoms with Gasteiger partial charge in [0.05, 0.1) is 5.69 Å². The fourth-order valence-electron chi connectivity index (χ4n) is 1.36. The first-order valence-corrected chi connectivity index (χ1v) is 4.96. The molecule has 0 aliphatic carbocycles. The Morgan fingerprint density at radius 2 is 1.73 bits per heavy atom. The standard InChI is InChI=1S/C14H13N/c1-12-5-7-13(8-6-12)9-10-14-4-3-11-15(14)2/h3-8,11H,1-2H3. The van der Waals surface area contributed by atoms with Gasteiger partial charge in [-0.3, -0.25) is 0 Å². The van der Waals surface area contributed by atoms with E-state index in [0.717, 1.165) is 11.3 Å². The first kappa shape index (κ1) is 9.61. The summed E-state index contributed by atoms with van der Waals surface area (Å²) in [6, 6.07) is 12.3. The number of hydrogen-bond acceptors (Lipinski definition) is 0. The predicted molar refractivity (Wildman–Crippen MR) is 62.6 cm³/mol. The Morgan fingerprint density at radius 1 is 1.00 bits per heavy atom. The van der Waals surface area contributed by atoms with E-state index in [1.807, 2.05) is 42.1 Å². The molecule has 2 rings (SSSR count). The van der Waals surface area contributed by atoms with Crippen molar-refractivity contribution in [3.8, 4) is 11.8 Å². The molecule has 1 nitrogen and oxygen atoms in total. The highest BCUT2D eigenvalue weighted by Crippen LogP contribution is 2.02. The topological polar surface area (TPSA) is 4.93 Å². The molecule has 0 atom stereocenters. The van der Waals surface area contributed by atoms with Crippen LogP contribution < -0.4 is 0 Å². The quantitative estimate of drug-likeness (QED) is 0.570. The van der Waals surface area contributed by atoms with Gasteiger partial charge in [0, 0.05) is 18.8 Å². The summed E-state index contributed by atoms with van der Waals surface area (Å²) in [5.41, 5.74) is 3.36. The van der Waals surface area contributed by atoms with Gasteiger partial charge >= 0.3 is 0 Å². The molecule has 0 bridgehead atoms. The van der Waals surface area contributed by atoms with Crippen molar-refractivity contribution in [3.05, 3.63) is 59.4 Å². The normalized spacial score (nSPS) is 9.47. The van der Waals surface area contributed by atoms with Gasteiger partial charge in [0.15, 0.2) is 0 Å². The van der Waals surface area contributed by atoms with Crippen LogP contribution in [0.2, 0.25) is 0 Å². The summed E-state index contributed by atoms with van der Waals surface area (Å²) < 4.78 is 2.02. The lowest BCUT2D eigenvalue weighted by Crippen LogP contribution is -1.88. The largest absolute Gasteiger partial charge is 0.344 e. The van der Waals surface area contributed by atoms with Crippen LogP contribution in [0.4, 0.5) is 0 Å². The molecule has 74 valence electrons. The van der Waals surface area contributed by atoms with E-state index in [1.165, 1.54) is 5.56 Å². The van der Waals surface area contributed by atoms with E-state index in [-0.39, 0.29) is 0 Å². The summed E-state index contributed by atoms with van der Waals surface area (Å²) in [6.45, 7) is 2.08. The van der Waals surface area contributed by atoms with Crippen LogP contribution in [0.3, 0.4) is 0 Å². The summed E-state index contributed by atoms with van der Waals surface area (Å²) in [5, 5.41) is 0. The van der Waals surface area contributed by atoms with Crippen LogP contribution in [0, 0.1) is 18.8 Å². The van der Waals surface area contributed by atoms with Crippen LogP contribution in [0.25, 0.3) is 0 Å². The third kappa shape index (κ3) is 2.30. The second kappa shape index (κ2) is 4.06. The van der Waals surface area contributed by atoms with Crippen molar-refractivity contribution in [2.24, 2.45) is 7.05 Å². The highest BCUT2D eigenvalue weighted by Gasteiger charge is 1.90. The third-order valence-corrected chi connectivity index (χ3v) is 2.33. The van der Waals surface area contributed by atoms with Crippen LogP contribution in [0.15, 0.2) is 42.6 Å². The van der Waals surface area contributed by atoms with Crippen molar-refractivity contribution in [1.82, 2.24) is 4.57 Å². The zero-order valence-corrected chi connectivity index (χ0v) is 8.99. The van der Waals surface area contributed by atoms with E-state index in [2.05, 4.69) is 30.9 Å². The molecule has 0 saturated heterocycles. The van der Waals surface area contributed by atoms with Gasteiger partial charge in [-0.15, -0.1) is 0 Å². The number of aromatic nitrogens is 1. The van der Waals surface area contributed by atoms with Gasteiger partial charge in [-0.1, -0.05) is 23.6 Å². The minimum atomic E-state index is 1.04. The van der Waals surface area contributed by atoms with Crippen molar-refractivity contribution in [3.63, 3.8) is 0 Å². The fraction of sp³-hybridized carbons (Fsp3) is 0.143. The van der Waals surface area contributed by atoms with Crippen molar-refractivity contribution in [2.75, 3.05) is 0 Å². The lowest BCUT2D eigenvalue weighted by Gasteiger charge is -1.93. The van der Waals surface area contributed by atoms with Gasteiger partial charge in [-0.25, -0.2) is 0 Å². The van der Waals surface area contributed by atoms with Gasteiger partial charge in [-0.2, -0.15) is 0 Å². The van der Waals surface area contributed by atoms with Crippen LogP contribution in [0.5, 0.6) is 0 Å². The monoisotopic (exact) mass is 195 g/mol. The van der Waals surface area contributed by atoms with Crippen molar-refractivity contribution >= 4 is 0 Å². The minimum Gasteiger partial charge on any atom is -0.344 e. The first-order valence-electron chi connectivity index (χ1n) is 4.96. The zero-order chi connectivity index (χ0) is 10.7. The van der Waals surface area contributed by atoms with E-state index < -0.39 is 0 Å². The van der Waals surface area contributed by atoms with Gasteiger partial charge in [0.2, 0.25) is 0 Å². The Hall–Kier alpha value is -1.94. The lowest BCUT2D eigenvalue weighted by molar-refractivity contribution is 0.912. The van der Waals surface area contributed by atoms with E-state index in [0.29, 0.717) is 0 Å². The fourth-order valence-corrected chi connectivity index (χ4v) is 1.36. The molecule has 0 unspecified atom stereocenters. The summed E-state index contributed by atoms with van der Waals surface area (Å²) in [7, 11) is 2.00. The average Bonchev–Trinajstić information content (AvgIpc) is 2.63. The van der Waals surface area contributed by atoms with Gasteiger partial charge in [0.1, 0.15) is 0 Å². The summed E-state index contributed by atoms with van der Waals surface area (Å²) >= 11 is 0. The number of aryl methyl sites for hydroxylation is 2. The maximum Gasteiger partial charge on any atom is 0.0920 e. The smallest absolute Gasteiger partial charge is 0.0920 e. The summed E-state index contributed by atoms with van der Waals surface area (Å²) in [5.74, 6) is 6.29. The molecule has 1 heterocycles. The van der Waals surface area contributed by atoms with Crippen LogP contribution in [-0.4, -0.2) is 4.57 Å². The molecule has 0 aliphatic rings. The molecule has 0 spiro atoms. The van der Waals surface area contributed by atoms with E-state index >= 15 is 0 Å². The Bertz CT molecular complexity index is 506. The second-order valence-electron chi connectivity index (χ2n) is 3.62. The molecule has 0 saturated carbocycles. The maximum atomic E-state index is 3.14. The van der Waals surface area contributed by atoms with Gasteiger partial charge < -0.3 is 4.57 Å². The van der Waals surface area contributed by atoms with Crippen molar-refractivity contribution < 1.29 is 0 Å². The van der Waals surface area contributed by atoms with E-state index in [4.69, 9.17) is 0 Å². The molecule has 1 aromatic heterocycles. The number of benzene rings is 1. The number of hydrogen-bond donors (Lipinski definition) is 0. The SMILES string of the molecule is Cc1ccc(C#Cc2cccn2C)cc1. The maximum absolute atomic E-state index is 3.14. The molecule has 0 fully saturated rings. The second-order valence-corrected chi connectivity index (χ2v) is 3.62. The van der Waals surface area contributed by atoms with Gasteiger partial charge in [0.25, 0.3) is 0 Å². The average molecular weight is 195 g/mol. The molecule has 2 aromatic rings. The van der Waals surface area contributed by atoms with Crippen molar-refractivity contribution in [1.29, 1.82) is 0 Å². The Labute approximate surface area is 90.4 Å². The molecule has 0 aliphatic heterocycles. The molecule has 1 aromatic carbocycles. The molecule has 0 amide bonds. The Morgan fingerprint density at radius 3 is 2.33 bits per heavy atom. The molecule has 15 heavy (non-hydrogen) atoms. The zero-order valence-electron chi connectivity index (χ0n) is 8.99. The Balaban J connectivity index is 2.26. The lowest BCUT2D eigenvalue weighted by atomic mass is 10.1. The Kier molecular flexibility index (Phi) is 2.60. The predicted octanol–water partition coefficient (Wildman–Crippen LogP) is 2.73. The van der Waals surface area contributed by atoms with E-state index in [1.54, 1.807) is 0 Å².